The molecule has 0 saturated heterocycles. The summed E-state index contributed by atoms with van der Waals surface area (Å²) in [6, 6.07) is 8.07. The van der Waals surface area contributed by atoms with Gasteiger partial charge in [0, 0.05) is 10.9 Å². The van der Waals surface area contributed by atoms with E-state index in [-0.39, 0.29) is 5.78 Å². The maximum atomic E-state index is 11.0. The normalized spacial score (nSPS) is 16.1. The Kier molecular flexibility index (Phi) is 2.32. The fraction of sp³-hybridized carbons (Fsp3) is 0.182. The van der Waals surface area contributed by atoms with Gasteiger partial charge in [-0.1, -0.05) is 28.1 Å². The van der Waals surface area contributed by atoms with Gasteiger partial charge in [-0.15, -0.1) is 0 Å². The van der Waals surface area contributed by atoms with Gasteiger partial charge in [-0.2, -0.15) is 0 Å². The van der Waals surface area contributed by atoms with Crippen molar-refractivity contribution in [2.45, 2.75) is 12.8 Å². The number of carbonyl (C=O) groups is 1. The number of benzene rings is 1. The summed E-state index contributed by atoms with van der Waals surface area (Å²) in [7, 11) is 0. The van der Waals surface area contributed by atoms with Crippen LogP contribution in [0.15, 0.2) is 34.8 Å². The Morgan fingerprint density at radius 3 is 2.31 bits per heavy atom. The highest BCUT2D eigenvalue weighted by atomic mass is 79.9. The van der Waals surface area contributed by atoms with Gasteiger partial charge in [-0.25, -0.2) is 0 Å². The van der Waals surface area contributed by atoms with Gasteiger partial charge in [0.25, 0.3) is 0 Å². The fourth-order valence-corrected chi connectivity index (χ4v) is 1.75. The van der Waals surface area contributed by atoms with Gasteiger partial charge in [-0.3, -0.25) is 4.79 Å². The van der Waals surface area contributed by atoms with Crippen molar-refractivity contribution < 1.29 is 4.79 Å². The topological polar surface area (TPSA) is 17.1 Å². The molecule has 13 heavy (non-hydrogen) atoms. The number of carbonyl (C=O) groups excluding carboxylic acids is 1. The molecular formula is C11H9BrO. The van der Waals surface area contributed by atoms with E-state index < -0.39 is 0 Å². The molecule has 0 N–H and O–H groups in total. The molecule has 2 heteroatoms. The van der Waals surface area contributed by atoms with Crippen LogP contribution in [0.2, 0.25) is 0 Å². The molecule has 0 saturated carbocycles. The van der Waals surface area contributed by atoms with Crippen molar-refractivity contribution in [3.05, 3.63) is 40.4 Å². The molecule has 1 aliphatic carbocycles. The summed E-state index contributed by atoms with van der Waals surface area (Å²) >= 11 is 3.38. The van der Waals surface area contributed by atoms with Gasteiger partial charge in [0.05, 0.1) is 0 Å². The van der Waals surface area contributed by atoms with E-state index in [1.165, 1.54) is 0 Å². The van der Waals surface area contributed by atoms with Crippen molar-refractivity contribution in [1.82, 2.24) is 0 Å². The van der Waals surface area contributed by atoms with Crippen LogP contribution < -0.4 is 0 Å². The van der Waals surface area contributed by atoms with Gasteiger partial charge in [0.15, 0.2) is 5.78 Å². The van der Waals surface area contributed by atoms with Crippen molar-refractivity contribution in [3.63, 3.8) is 0 Å². The van der Waals surface area contributed by atoms with Gasteiger partial charge in [-0.05, 0) is 35.8 Å². The largest absolute Gasteiger partial charge is 0.295 e. The fourth-order valence-electron chi connectivity index (χ4n) is 1.49. The van der Waals surface area contributed by atoms with Crippen LogP contribution in [-0.4, -0.2) is 5.78 Å². The van der Waals surface area contributed by atoms with Crippen LogP contribution in [0.1, 0.15) is 18.4 Å². The third kappa shape index (κ3) is 1.89. The molecule has 0 unspecified atom stereocenters. The monoisotopic (exact) mass is 236 g/mol. The van der Waals surface area contributed by atoms with Crippen LogP contribution in [0.5, 0.6) is 0 Å². The van der Waals surface area contributed by atoms with Gasteiger partial charge >= 0.3 is 0 Å². The predicted molar refractivity (Wildman–Crippen MR) is 56.4 cm³/mol. The van der Waals surface area contributed by atoms with Crippen LogP contribution in [0.3, 0.4) is 0 Å². The molecule has 0 heterocycles. The van der Waals surface area contributed by atoms with E-state index in [9.17, 15) is 4.79 Å². The van der Waals surface area contributed by atoms with E-state index >= 15 is 0 Å². The molecule has 0 atom stereocenters. The third-order valence-corrected chi connectivity index (χ3v) is 2.72. The molecule has 1 aromatic rings. The van der Waals surface area contributed by atoms with Crippen LogP contribution in [0.4, 0.5) is 0 Å². The Morgan fingerprint density at radius 1 is 1.08 bits per heavy atom. The molecule has 0 fully saturated rings. The number of halogens is 1. The summed E-state index contributed by atoms with van der Waals surface area (Å²) in [6.07, 6.45) is 3.31. The Bertz CT molecular complexity index is 362. The Hall–Kier alpha value is -0.890. The van der Waals surface area contributed by atoms with Crippen LogP contribution >= 0.6 is 15.9 Å². The van der Waals surface area contributed by atoms with E-state index in [0.717, 1.165) is 22.0 Å². The standard InChI is InChI=1S/C11H9BrO/c12-10-4-1-8(2-5-10)9-3-6-11(13)7-9/h1-2,4-5,7H,3,6H2. The first-order valence-electron chi connectivity index (χ1n) is 4.25. The predicted octanol–water partition coefficient (Wildman–Crippen LogP) is 3.20. The lowest BCUT2D eigenvalue weighted by Crippen LogP contribution is -1.80. The average molecular weight is 237 g/mol. The van der Waals surface area contributed by atoms with E-state index in [1.54, 1.807) is 6.08 Å². The smallest absolute Gasteiger partial charge is 0.156 e. The second-order valence-electron chi connectivity index (χ2n) is 3.14. The SMILES string of the molecule is O=C1C=C(c2ccc(Br)cc2)CC1. The van der Waals surface area contributed by atoms with Crippen molar-refractivity contribution in [2.75, 3.05) is 0 Å². The first kappa shape index (κ1) is 8.70. The van der Waals surface area contributed by atoms with Gasteiger partial charge < -0.3 is 0 Å². The highest BCUT2D eigenvalue weighted by molar-refractivity contribution is 9.10. The highest BCUT2D eigenvalue weighted by Gasteiger charge is 2.12. The number of allylic oxidation sites excluding steroid dienone is 2. The summed E-state index contributed by atoms with van der Waals surface area (Å²) in [5.41, 5.74) is 2.33. The highest BCUT2D eigenvalue weighted by Crippen LogP contribution is 2.26. The lowest BCUT2D eigenvalue weighted by atomic mass is 10.1. The molecule has 0 radical (unpaired) electrons. The summed E-state index contributed by atoms with van der Waals surface area (Å²) in [6.45, 7) is 0. The van der Waals surface area contributed by atoms with E-state index in [2.05, 4.69) is 15.9 Å². The second kappa shape index (κ2) is 3.46. The zero-order valence-corrected chi connectivity index (χ0v) is 8.67. The molecule has 1 aromatic carbocycles. The van der Waals surface area contributed by atoms with Crippen molar-refractivity contribution in [3.8, 4) is 0 Å². The minimum absolute atomic E-state index is 0.248. The molecule has 66 valence electrons. The minimum Gasteiger partial charge on any atom is -0.295 e. The Balaban J connectivity index is 2.31. The van der Waals surface area contributed by atoms with E-state index in [0.29, 0.717) is 6.42 Å². The molecular weight excluding hydrogens is 228 g/mol. The zero-order chi connectivity index (χ0) is 9.26. The molecule has 1 aliphatic rings. The van der Waals surface area contributed by atoms with E-state index in [1.807, 2.05) is 24.3 Å². The summed E-state index contributed by atoms with van der Waals surface area (Å²) < 4.78 is 1.07. The van der Waals surface area contributed by atoms with E-state index in [4.69, 9.17) is 0 Å². The van der Waals surface area contributed by atoms with Crippen LogP contribution in [-0.2, 0) is 4.79 Å². The number of hydrogen-bond donors (Lipinski definition) is 0. The minimum atomic E-state index is 0.248. The van der Waals surface area contributed by atoms with Crippen molar-refractivity contribution in [2.24, 2.45) is 0 Å². The van der Waals surface area contributed by atoms with Crippen molar-refractivity contribution >= 4 is 27.3 Å². The lowest BCUT2D eigenvalue weighted by Gasteiger charge is -2.00. The molecule has 2 rings (SSSR count). The quantitative estimate of drug-likeness (QED) is 0.732. The Morgan fingerprint density at radius 2 is 1.77 bits per heavy atom. The molecule has 0 aliphatic heterocycles. The summed E-state index contributed by atoms with van der Waals surface area (Å²) in [5.74, 6) is 0.248. The first-order valence-corrected chi connectivity index (χ1v) is 5.04. The zero-order valence-electron chi connectivity index (χ0n) is 7.09. The second-order valence-corrected chi connectivity index (χ2v) is 4.06. The molecule has 0 spiro atoms. The maximum Gasteiger partial charge on any atom is 0.156 e. The summed E-state index contributed by atoms with van der Waals surface area (Å²) in [5, 5.41) is 0. The first-order chi connectivity index (χ1) is 6.25. The number of rotatable bonds is 1. The summed E-state index contributed by atoms with van der Waals surface area (Å²) in [4.78, 5) is 11.0. The van der Waals surface area contributed by atoms with Crippen molar-refractivity contribution in [1.29, 1.82) is 0 Å². The molecule has 0 aromatic heterocycles. The van der Waals surface area contributed by atoms with Gasteiger partial charge in [0.2, 0.25) is 0 Å². The maximum absolute atomic E-state index is 11.0. The number of hydrogen-bond acceptors (Lipinski definition) is 1. The number of ketones is 1. The van der Waals surface area contributed by atoms with Crippen LogP contribution in [0.25, 0.3) is 5.57 Å². The van der Waals surface area contributed by atoms with Gasteiger partial charge in [0.1, 0.15) is 0 Å². The van der Waals surface area contributed by atoms with Crippen LogP contribution in [0, 0.1) is 0 Å². The molecule has 1 nitrogen and oxygen atoms in total. The lowest BCUT2D eigenvalue weighted by molar-refractivity contribution is -0.114. The Labute approximate surface area is 85.6 Å². The molecule has 0 bridgehead atoms. The molecule has 0 amide bonds. The average Bonchev–Trinajstić information content (AvgIpc) is 2.53. The third-order valence-electron chi connectivity index (χ3n) is 2.19.